The summed E-state index contributed by atoms with van der Waals surface area (Å²) in [5.41, 5.74) is 1.72. The van der Waals surface area contributed by atoms with Crippen LogP contribution in [-0.2, 0) is 4.79 Å². The normalized spacial score (nSPS) is 11.9. The van der Waals surface area contributed by atoms with E-state index in [4.69, 9.17) is 0 Å². The molecule has 0 aliphatic heterocycles. The fourth-order valence-electron chi connectivity index (χ4n) is 2.40. The van der Waals surface area contributed by atoms with E-state index in [1.807, 2.05) is 19.1 Å². The van der Waals surface area contributed by atoms with Gasteiger partial charge in [0.1, 0.15) is 17.5 Å². The SMILES string of the molecule is CCC(=O)C(C(=O)c1ccccc1C)c1ccccc1O. The third-order valence-corrected chi connectivity index (χ3v) is 3.59. The highest BCUT2D eigenvalue weighted by molar-refractivity contribution is 6.15. The fraction of sp³-hybridized carbons (Fsp3) is 0.222. The number of rotatable bonds is 5. The number of carbonyl (C=O) groups is 2. The Bertz CT molecular complexity index is 674. The molecule has 0 saturated heterocycles. The van der Waals surface area contributed by atoms with Crippen molar-refractivity contribution >= 4 is 11.6 Å². The van der Waals surface area contributed by atoms with E-state index in [0.717, 1.165) is 5.56 Å². The third-order valence-electron chi connectivity index (χ3n) is 3.59. The van der Waals surface area contributed by atoms with Crippen LogP contribution in [0.2, 0.25) is 0 Å². The number of aromatic hydroxyl groups is 1. The number of phenols is 1. The molecule has 0 heterocycles. The van der Waals surface area contributed by atoms with Gasteiger partial charge in [0.05, 0.1) is 0 Å². The van der Waals surface area contributed by atoms with Crippen molar-refractivity contribution in [3.63, 3.8) is 0 Å². The van der Waals surface area contributed by atoms with E-state index in [1.165, 1.54) is 6.07 Å². The second-order valence-corrected chi connectivity index (χ2v) is 4.99. The molecule has 3 heteroatoms. The molecule has 1 N–H and O–H groups in total. The van der Waals surface area contributed by atoms with Crippen molar-refractivity contribution < 1.29 is 14.7 Å². The van der Waals surface area contributed by atoms with Crippen LogP contribution in [-0.4, -0.2) is 16.7 Å². The monoisotopic (exact) mass is 282 g/mol. The molecule has 0 spiro atoms. The molecule has 0 fully saturated rings. The molecular weight excluding hydrogens is 264 g/mol. The number of Topliss-reactive ketones (excluding diaryl/α,β-unsaturated/α-hetero) is 2. The maximum absolute atomic E-state index is 12.8. The smallest absolute Gasteiger partial charge is 0.178 e. The summed E-state index contributed by atoms with van der Waals surface area (Å²) in [4.78, 5) is 25.0. The molecule has 108 valence electrons. The Kier molecular flexibility index (Phi) is 4.53. The minimum atomic E-state index is -0.947. The number of para-hydroxylation sites is 1. The molecule has 2 aromatic rings. The summed E-state index contributed by atoms with van der Waals surface area (Å²) in [6.07, 6.45) is 0.247. The molecule has 0 amide bonds. The van der Waals surface area contributed by atoms with Gasteiger partial charge >= 0.3 is 0 Å². The second-order valence-electron chi connectivity index (χ2n) is 4.99. The lowest BCUT2D eigenvalue weighted by molar-refractivity contribution is -0.119. The molecular formula is C18H18O3. The minimum Gasteiger partial charge on any atom is -0.508 e. The lowest BCUT2D eigenvalue weighted by Gasteiger charge is -2.17. The number of phenolic OH excluding ortho intramolecular Hbond substituents is 1. The van der Waals surface area contributed by atoms with Crippen LogP contribution in [0.25, 0.3) is 0 Å². The van der Waals surface area contributed by atoms with Crippen LogP contribution in [0, 0.1) is 6.92 Å². The first-order valence-corrected chi connectivity index (χ1v) is 6.96. The minimum absolute atomic E-state index is 0.0220. The summed E-state index contributed by atoms with van der Waals surface area (Å²) < 4.78 is 0. The zero-order valence-corrected chi connectivity index (χ0v) is 12.2. The Balaban J connectivity index is 2.52. The number of benzene rings is 2. The Morgan fingerprint density at radius 3 is 2.29 bits per heavy atom. The zero-order chi connectivity index (χ0) is 15.4. The lowest BCUT2D eigenvalue weighted by Crippen LogP contribution is -2.22. The largest absolute Gasteiger partial charge is 0.508 e. The van der Waals surface area contributed by atoms with Crippen LogP contribution in [0.15, 0.2) is 48.5 Å². The van der Waals surface area contributed by atoms with Crippen molar-refractivity contribution in [2.45, 2.75) is 26.2 Å². The van der Waals surface area contributed by atoms with Crippen molar-refractivity contribution in [2.24, 2.45) is 0 Å². The van der Waals surface area contributed by atoms with E-state index in [-0.39, 0.29) is 23.7 Å². The average molecular weight is 282 g/mol. The van der Waals surface area contributed by atoms with E-state index in [1.54, 1.807) is 37.3 Å². The predicted octanol–water partition coefficient (Wildman–Crippen LogP) is 3.65. The Labute approximate surface area is 124 Å². The second kappa shape index (κ2) is 6.35. The van der Waals surface area contributed by atoms with E-state index >= 15 is 0 Å². The van der Waals surface area contributed by atoms with Gasteiger partial charge in [-0.05, 0) is 18.6 Å². The van der Waals surface area contributed by atoms with Crippen LogP contribution >= 0.6 is 0 Å². The molecule has 0 aromatic heterocycles. The molecule has 1 atom stereocenters. The summed E-state index contributed by atoms with van der Waals surface area (Å²) in [7, 11) is 0. The van der Waals surface area contributed by atoms with Crippen LogP contribution in [0.5, 0.6) is 5.75 Å². The summed E-state index contributed by atoms with van der Waals surface area (Å²) in [6, 6.07) is 13.7. The van der Waals surface area contributed by atoms with Crippen molar-refractivity contribution in [1.82, 2.24) is 0 Å². The van der Waals surface area contributed by atoms with Gasteiger partial charge in [-0.1, -0.05) is 49.4 Å². The number of ketones is 2. The van der Waals surface area contributed by atoms with Gasteiger partial charge in [-0.2, -0.15) is 0 Å². The van der Waals surface area contributed by atoms with E-state index in [9.17, 15) is 14.7 Å². The van der Waals surface area contributed by atoms with Crippen LogP contribution in [0.4, 0.5) is 0 Å². The van der Waals surface area contributed by atoms with Gasteiger partial charge in [-0.15, -0.1) is 0 Å². The molecule has 21 heavy (non-hydrogen) atoms. The van der Waals surface area contributed by atoms with Gasteiger partial charge in [-0.3, -0.25) is 9.59 Å². The number of hydrogen-bond donors (Lipinski definition) is 1. The summed E-state index contributed by atoms with van der Waals surface area (Å²) >= 11 is 0. The molecule has 0 saturated carbocycles. The van der Waals surface area contributed by atoms with Gasteiger partial charge < -0.3 is 5.11 Å². The first-order valence-electron chi connectivity index (χ1n) is 6.96. The van der Waals surface area contributed by atoms with E-state index < -0.39 is 5.92 Å². The molecule has 1 unspecified atom stereocenters. The molecule has 0 radical (unpaired) electrons. The topological polar surface area (TPSA) is 54.4 Å². The highest BCUT2D eigenvalue weighted by Gasteiger charge is 2.30. The van der Waals surface area contributed by atoms with Crippen LogP contribution in [0.1, 0.15) is 40.7 Å². The van der Waals surface area contributed by atoms with Crippen molar-refractivity contribution in [3.8, 4) is 5.75 Å². The van der Waals surface area contributed by atoms with Gasteiger partial charge in [0.2, 0.25) is 0 Å². The summed E-state index contributed by atoms with van der Waals surface area (Å²) in [5, 5.41) is 9.99. The Morgan fingerprint density at radius 2 is 1.67 bits per heavy atom. The molecule has 2 rings (SSSR count). The summed E-state index contributed by atoms with van der Waals surface area (Å²) in [5.74, 6) is -1.42. The highest BCUT2D eigenvalue weighted by Crippen LogP contribution is 2.30. The molecule has 0 aliphatic carbocycles. The van der Waals surface area contributed by atoms with Gasteiger partial charge in [0.25, 0.3) is 0 Å². The number of hydrogen-bond acceptors (Lipinski definition) is 3. The standard InChI is InChI=1S/C18H18O3/c1-3-15(19)17(14-10-6-7-11-16(14)20)18(21)13-9-5-4-8-12(13)2/h4-11,17,20H,3H2,1-2H3. The van der Waals surface area contributed by atoms with Gasteiger partial charge in [-0.25, -0.2) is 0 Å². The zero-order valence-electron chi connectivity index (χ0n) is 12.2. The van der Waals surface area contributed by atoms with E-state index in [2.05, 4.69) is 0 Å². The third kappa shape index (κ3) is 3.02. The molecule has 0 aliphatic rings. The Morgan fingerprint density at radius 1 is 1.05 bits per heavy atom. The average Bonchev–Trinajstić information content (AvgIpc) is 2.49. The maximum Gasteiger partial charge on any atom is 0.178 e. The highest BCUT2D eigenvalue weighted by atomic mass is 16.3. The van der Waals surface area contributed by atoms with Crippen molar-refractivity contribution in [1.29, 1.82) is 0 Å². The quantitative estimate of drug-likeness (QED) is 0.672. The first-order chi connectivity index (χ1) is 10.1. The van der Waals surface area contributed by atoms with Gasteiger partial charge in [0.15, 0.2) is 5.78 Å². The fourth-order valence-corrected chi connectivity index (χ4v) is 2.40. The van der Waals surface area contributed by atoms with Crippen LogP contribution < -0.4 is 0 Å². The number of carbonyl (C=O) groups excluding carboxylic acids is 2. The lowest BCUT2D eigenvalue weighted by atomic mass is 9.84. The Hall–Kier alpha value is -2.42. The number of aryl methyl sites for hydroxylation is 1. The van der Waals surface area contributed by atoms with Gasteiger partial charge in [0, 0.05) is 17.5 Å². The molecule has 0 bridgehead atoms. The summed E-state index contributed by atoms with van der Waals surface area (Å²) in [6.45, 7) is 3.56. The molecule has 3 nitrogen and oxygen atoms in total. The van der Waals surface area contributed by atoms with Crippen LogP contribution in [0.3, 0.4) is 0 Å². The maximum atomic E-state index is 12.8. The first kappa shape index (κ1) is 15.0. The van der Waals surface area contributed by atoms with E-state index in [0.29, 0.717) is 11.1 Å². The van der Waals surface area contributed by atoms with Crippen molar-refractivity contribution in [2.75, 3.05) is 0 Å². The molecule has 2 aromatic carbocycles. The van der Waals surface area contributed by atoms with Crippen molar-refractivity contribution in [3.05, 3.63) is 65.2 Å². The predicted molar refractivity (Wildman–Crippen MR) is 81.7 cm³/mol.